The molecule has 0 saturated carbocycles. The van der Waals surface area contributed by atoms with E-state index in [-0.39, 0.29) is 48.6 Å². The summed E-state index contributed by atoms with van der Waals surface area (Å²) in [5, 5.41) is 17.7. The summed E-state index contributed by atoms with van der Waals surface area (Å²) in [6.45, 7) is 12.3. The van der Waals surface area contributed by atoms with Gasteiger partial charge in [-0.15, -0.1) is 0 Å². The van der Waals surface area contributed by atoms with Crippen LogP contribution in [0.3, 0.4) is 0 Å². The largest absolute Gasteiger partial charge is 0.483 e. The minimum Gasteiger partial charge on any atom is -0.483 e. The molecule has 3 N–H and O–H groups in total. The molecule has 0 spiro atoms. The number of nitrogens with zero attached hydrogens (tertiary/aromatic N) is 1. The lowest BCUT2D eigenvalue weighted by molar-refractivity contribution is -0.139. The molecule has 1 aliphatic rings. The third kappa shape index (κ3) is 9.58. The van der Waals surface area contributed by atoms with Gasteiger partial charge in [0.2, 0.25) is 11.8 Å². The second-order valence-electron chi connectivity index (χ2n) is 12.4. The van der Waals surface area contributed by atoms with E-state index in [2.05, 4.69) is 24.5 Å². The highest BCUT2D eigenvalue weighted by atomic mass is 16.5. The summed E-state index contributed by atoms with van der Waals surface area (Å²) < 4.78 is 5.87. The fourth-order valence-corrected chi connectivity index (χ4v) is 5.86. The van der Waals surface area contributed by atoms with Crippen LogP contribution in [0.15, 0.2) is 48.5 Å². The zero-order chi connectivity index (χ0) is 30.8. The Morgan fingerprint density at radius 1 is 0.952 bits per heavy atom. The number of para-hydroxylation sites is 1. The van der Waals surface area contributed by atoms with Gasteiger partial charge in [0.1, 0.15) is 11.8 Å². The zero-order valence-corrected chi connectivity index (χ0v) is 26.1. The van der Waals surface area contributed by atoms with E-state index in [0.29, 0.717) is 31.6 Å². The normalized spacial score (nSPS) is 16.3. The monoisotopic (exact) mass is 579 g/mol. The van der Waals surface area contributed by atoms with E-state index < -0.39 is 18.2 Å². The topological polar surface area (TPSA) is 108 Å². The summed E-state index contributed by atoms with van der Waals surface area (Å²) in [5.74, 6) is 0.403. The SMILES string of the molecule is Cc1cccc(C)c1OCC(=O)N[C@@H](Cc1ccccc1)[C@@H](O)CC(CC(C)C)NC(=O)[C@H](C(C)C)N1CCCC1=O. The van der Waals surface area contributed by atoms with Gasteiger partial charge in [-0.1, -0.05) is 76.2 Å². The van der Waals surface area contributed by atoms with E-state index >= 15 is 0 Å². The number of likely N-dealkylation sites (tertiary alicyclic amines) is 1. The number of hydrogen-bond acceptors (Lipinski definition) is 5. The zero-order valence-electron chi connectivity index (χ0n) is 26.1. The molecular formula is C34H49N3O5. The molecule has 42 heavy (non-hydrogen) atoms. The number of nitrogens with one attached hydrogen (secondary N) is 2. The molecule has 0 aromatic heterocycles. The van der Waals surface area contributed by atoms with Crippen LogP contribution in [-0.4, -0.2) is 65.1 Å². The average Bonchev–Trinajstić information content (AvgIpc) is 3.33. The number of aryl methyl sites for hydroxylation is 2. The van der Waals surface area contributed by atoms with Crippen LogP contribution in [0.25, 0.3) is 0 Å². The van der Waals surface area contributed by atoms with Gasteiger partial charge >= 0.3 is 0 Å². The minimum atomic E-state index is -0.927. The molecule has 1 aliphatic heterocycles. The second-order valence-corrected chi connectivity index (χ2v) is 12.4. The number of carbonyl (C=O) groups excluding carboxylic acids is 3. The van der Waals surface area contributed by atoms with Crippen molar-refractivity contribution in [3.63, 3.8) is 0 Å². The molecule has 4 atom stereocenters. The molecular weight excluding hydrogens is 530 g/mol. The number of aliphatic hydroxyl groups is 1. The van der Waals surface area contributed by atoms with Crippen LogP contribution in [0.4, 0.5) is 0 Å². The third-order valence-corrected chi connectivity index (χ3v) is 7.84. The van der Waals surface area contributed by atoms with Crippen LogP contribution in [0, 0.1) is 25.7 Å². The van der Waals surface area contributed by atoms with E-state index in [1.165, 1.54) is 0 Å². The highest BCUT2D eigenvalue weighted by Gasteiger charge is 2.36. The van der Waals surface area contributed by atoms with Crippen molar-refractivity contribution in [2.24, 2.45) is 11.8 Å². The lowest BCUT2D eigenvalue weighted by atomic mass is 9.92. The molecule has 0 bridgehead atoms. The summed E-state index contributed by atoms with van der Waals surface area (Å²) in [4.78, 5) is 40.8. The lowest BCUT2D eigenvalue weighted by Crippen LogP contribution is -2.54. The molecule has 0 radical (unpaired) electrons. The summed E-state index contributed by atoms with van der Waals surface area (Å²) in [6.07, 6.45) is 1.65. The Balaban J connectivity index is 1.73. The lowest BCUT2D eigenvalue weighted by Gasteiger charge is -2.33. The number of amides is 3. The predicted molar refractivity (Wildman–Crippen MR) is 165 cm³/mol. The molecule has 2 aromatic carbocycles. The fourth-order valence-electron chi connectivity index (χ4n) is 5.86. The van der Waals surface area contributed by atoms with Gasteiger partial charge in [-0.3, -0.25) is 14.4 Å². The van der Waals surface area contributed by atoms with Gasteiger partial charge in [0.25, 0.3) is 5.91 Å². The first-order valence-corrected chi connectivity index (χ1v) is 15.3. The maximum Gasteiger partial charge on any atom is 0.258 e. The van der Waals surface area contributed by atoms with Crippen molar-refractivity contribution < 1.29 is 24.2 Å². The van der Waals surface area contributed by atoms with Gasteiger partial charge in [-0.25, -0.2) is 0 Å². The molecule has 3 amide bonds. The second kappa shape index (κ2) is 15.7. The van der Waals surface area contributed by atoms with Gasteiger partial charge < -0.3 is 25.4 Å². The first-order chi connectivity index (χ1) is 20.0. The van der Waals surface area contributed by atoms with Gasteiger partial charge in [0.05, 0.1) is 12.1 Å². The maximum atomic E-state index is 13.5. The van der Waals surface area contributed by atoms with Crippen LogP contribution in [0.2, 0.25) is 0 Å². The average molecular weight is 580 g/mol. The van der Waals surface area contributed by atoms with Crippen LogP contribution in [0.5, 0.6) is 5.75 Å². The number of aliphatic hydroxyl groups excluding tert-OH is 1. The quantitative estimate of drug-likeness (QED) is 0.291. The highest BCUT2D eigenvalue weighted by molar-refractivity contribution is 5.89. The molecule has 0 aliphatic carbocycles. The Hall–Kier alpha value is -3.39. The van der Waals surface area contributed by atoms with Crippen molar-refractivity contribution in [3.05, 3.63) is 65.2 Å². The summed E-state index contributed by atoms with van der Waals surface area (Å²) in [5.41, 5.74) is 2.88. The van der Waals surface area contributed by atoms with E-state index in [1.807, 2.05) is 76.2 Å². The van der Waals surface area contributed by atoms with Gasteiger partial charge in [-0.05, 0) is 68.1 Å². The van der Waals surface area contributed by atoms with Crippen LogP contribution < -0.4 is 15.4 Å². The van der Waals surface area contributed by atoms with Gasteiger partial charge in [0.15, 0.2) is 6.61 Å². The number of benzene rings is 2. The van der Waals surface area contributed by atoms with Crippen LogP contribution >= 0.6 is 0 Å². The van der Waals surface area contributed by atoms with Gasteiger partial charge in [0, 0.05) is 19.0 Å². The first-order valence-electron chi connectivity index (χ1n) is 15.3. The Labute approximate surface area is 251 Å². The van der Waals surface area contributed by atoms with Gasteiger partial charge in [-0.2, -0.15) is 0 Å². The maximum absolute atomic E-state index is 13.5. The summed E-state index contributed by atoms with van der Waals surface area (Å²) in [6, 6.07) is 14.1. The van der Waals surface area contributed by atoms with Crippen LogP contribution in [0.1, 0.15) is 70.1 Å². The van der Waals surface area contributed by atoms with Crippen molar-refractivity contribution >= 4 is 17.7 Å². The Bertz CT molecular complexity index is 1160. The Morgan fingerprint density at radius 2 is 1.62 bits per heavy atom. The molecule has 2 aromatic rings. The Morgan fingerprint density at radius 3 is 2.19 bits per heavy atom. The molecule has 1 unspecified atom stereocenters. The molecule has 1 saturated heterocycles. The van der Waals surface area contributed by atoms with Crippen LogP contribution in [-0.2, 0) is 20.8 Å². The molecule has 1 fully saturated rings. The van der Waals surface area contributed by atoms with Crippen molar-refractivity contribution in [2.45, 2.75) is 97.9 Å². The molecule has 3 rings (SSSR count). The van der Waals surface area contributed by atoms with E-state index in [9.17, 15) is 19.5 Å². The van der Waals surface area contributed by atoms with Crippen molar-refractivity contribution in [2.75, 3.05) is 13.2 Å². The van der Waals surface area contributed by atoms with E-state index in [1.54, 1.807) is 4.90 Å². The third-order valence-electron chi connectivity index (χ3n) is 7.84. The highest BCUT2D eigenvalue weighted by Crippen LogP contribution is 2.23. The van der Waals surface area contributed by atoms with E-state index in [0.717, 1.165) is 23.1 Å². The number of rotatable bonds is 15. The molecule has 230 valence electrons. The standard InChI is InChI=1S/C34H49N3O5/c1-22(2)18-27(35-34(41)32(23(3)4)37-17-11-16-31(37)40)20-29(38)28(19-26-14-8-7-9-15-26)36-30(39)21-42-33-24(5)12-10-13-25(33)6/h7-10,12-15,22-23,27-29,32,38H,11,16-21H2,1-6H3,(H,35,41)(H,36,39)/t27?,28-,29-,32-/m0/s1. The molecule has 8 heteroatoms. The molecule has 8 nitrogen and oxygen atoms in total. The number of ether oxygens (including phenoxy) is 1. The number of hydrogen-bond donors (Lipinski definition) is 3. The van der Waals surface area contributed by atoms with E-state index in [4.69, 9.17) is 4.74 Å². The smallest absolute Gasteiger partial charge is 0.258 e. The first kappa shape index (κ1) is 33.1. The summed E-state index contributed by atoms with van der Waals surface area (Å²) >= 11 is 0. The van der Waals surface area contributed by atoms with Crippen molar-refractivity contribution in [1.82, 2.24) is 15.5 Å². The van der Waals surface area contributed by atoms with Crippen molar-refractivity contribution in [1.29, 1.82) is 0 Å². The van der Waals surface area contributed by atoms with Crippen molar-refractivity contribution in [3.8, 4) is 5.75 Å². The molecule has 1 heterocycles. The summed E-state index contributed by atoms with van der Waals surface area (Å²) in [7, 11) is 0. The Kier molecular flexibility index (Phi) is 12.4. The predicted octanol–water partition coefficient (Wildman–Crippen LogP) is 4.34. The number of carbonyl (C=O) groups is 3. The minimum absolute atomic E-state index is 0.0121. The fraction of sp³-hybridized carbons (Fsp3) is 0.559.